The van der Waals surface area contributed by atoms with Crippen LogP contribution in [0.15, 0.2) is 34.4 Å². The standard InChI is InChI=1S/C22H27IN4O2S/c1-13(2)7-5-6-10-27-15-8-9-25-20(24)19(15)26-21(27)30-18-12-17-16(11-14(18)23)28-22(3,4)29-17/h8-9,11-13H,5-7,10H2,1-4H3,(H2,24,25). The fourth-order valence-corrected chi connectivity index (χ4v) is 5.30. The maximum Gasteiger partial charge on any atom is 0.246 e. The fraction of sp³-hybridized carbons (Fsp3) is 0.455. The molecular formula is C22H27IN4O2S. The van der Waals surface area contributed by atoms with E-state index in [2.05, 4.69) is 46.0 Å². The number of hydrogen-bond donors (Lipinski definition) is 1. The van der Waals surface area contributed by atoms with Gasteiger partial charge in [0.25, 0.3) is 0 Å². The van der Waals surface area contributed by atoms with Gasteiger partial charge in [-0.3, -0.25) is 0 Å². The van der Waals surface area contributed by atoms with E-state index >= 15 is 0 Å². The van der Waals surface area contributed by atoms with E-state index in [-0.39, 0.29) is 0 Å². The Bertz CT molecular complexity index is 1080. The van der Waals surface area contributed by atoms with Crippen molar-refractivity contribution in [2.75, 3.05) is 5.73 Å². The van der Waals surface area contributed by atoms with Gasteiger partial charge in [-0.2, -0.15) is 0 Å². The molecule has 1 aromatic carbocycles. The van der Waals surface area contributed by atoms with Crippen molar-refractivity contribution in [1.82, 2.24) is 14.5 Å². The Hall–Kier alpha value is -1.68. The van der Waals surface area contributed by atoms with Crippen LogP contribution in [0.25, 0.3) is 11.0 Å². The lowest BCUT2D eigenvalue weighted by Gasteiger charge is -2.16. The molecule has 1 aliphatic heterocycles. The average molecular weight is 538 g/mol. The molecule has 3 aromatic rings. The van der Waals surface area contributed by atoms with E-state index in [0.29, 0.717) is 5.82 Å². The average Bonchev–Trinajstić information content (AvgIpc) is 3.15. The summed E-state index contributed by atoms with van der Waals surface area (Å²) in [6.07, 6.45) is 5.28. The zero-order valence-electron chi connectivity index (χ0n) is 17.7. The van der Waals surface area contributed by atoms with Crippen molar-refractivity contribution >= 4 is 51.2 Å². The first kappa shape index (κ1) is 21.5. The van der Waals surface area contributed by atoms with Gasteiger partial charge in [0.15, 0.2) is 22.5 Å². The molecule has 4 rings (SSSR count). The SMILES string of the molecule is CC(C)CCCCn1c(Sc2cc3c(cc2I)OC(C)(C)O3)nc2c(N)nccc21. The maximum atomic E-state index is 6.13. The highest BCUT2D eigenvalue weighted by atomic mass is 127. The molecule has 2 aromatic heterocycles. The zero-order chi connectivity index (χ0) is 21.5. The van der Waals surface area contributed by atoms with Gasteiger partial charge in [0.05, 0.1) is 5.52 Å². The molecule has 0 radical (unpaired) electrons. The van der Waals surface area contributed by atoms with Gasteiger partial charge in [0.1, 0.15) is 5.52 Å². The molecule has 2 N–H and O–H groups in total. The normalized spacial score (nSPS) is 14.7. The second kappa shape index (κ2) is 8.45. The van der Waals surface area contributed by atoms with E-state index < -0.39 is 5.79 Å². The smallest absolute Gasteiger partial charge is 0.246 e. The number of nitrogens with two attached hydrogens (primary N) is 1. The van der Waals surface area contributed by atoms with Crippen molar-refractivity contribution in [3.63, 3.8) is 0 Å². The third kappa shape index (κ3) is 4.49. The number of pyridine rings is 1. The number of hydrogen-bond acceptors (Lipinski definition) is 6. The van der Waals surface area contributed by atoms with Crippen LogP contribution in [0.5, 0.6) is 11.5 Å². The predicted octanol–water partition coefficient (Wildman–Crippen LogP) is 6.10. The van der Waals surface area contributed by atoms with Crippen LogP contribution in [-0.4, -0.2) is 20.3 Å². The van der Waals surface area contributed by atoms with Gasteiger partial charge in [0, 0.05) is 35.1 Å². The highest BCUT2D eigenvalue weighted by Crippen LogP contribution is 2.45. The number of rotatable bonds is 7. The molecule has 0 aliphatic carbocycles. The number of nitrogen functional groups attached to an aromatic ring is 1. The Labute approximate surface area is 195 Å². The van der Waals surface area contributed by atoms with Gasteiger partial charge >= 0.3 is 0 Å². The molecule has 0 saturated carbocycles. The van der Waals surface area contributed by atoms with E-state index in [9.17, 15) is 0 Å². The molecule has 8 heteroatoms. The molecule has 0 unspecified atom stereocenters. The molecule has 30 heavy (non-hydrogen) atoms. The Balaban J connectivity index is 1.66. The number of fused-ring (bicyclic) bond motifs is 2. The number of unbranched alkanes of at least 4 members (excludes halogenated alkanes) is 1. The minimum atomic E-state index is -0.640. The van der Waals surface area contributed by atoms with Gasteiger partial charge in [-0.15, -0.1) is 0 Å². The molecule has 0 bridgehead atoms. The minimum Gasteiger partial charge on any atom is -0.449 e. The van der Waals surface area contributed by atoms with Crippen molar-refractivity contribution in [2.24, 2.45) is 5.92 Å². The summed E-state index contributed by atoms with van der Waals surface area (Å²) >= 11 is 3.97. The lowest BCUT2D eigenvalue weighted by Crippen LogP contribution is -2.29. The van der Waals surface area contributed by atoms with Crippen molar-refractivity contribution in [2.45, 2.75) is 69.3 Å². The summed E-state index contributed by atoms with van der Waals surface area (Å²) in [5.74, 6) is 2.10. The third-order valence-electron chi connectivity index (χ3n) is 4.98. The third-order valence-corrected chi connectivity index (χ3v) is 7.30. The lowest BCUT2D eigenvalue weighted by atomic mass is 10.1. The first-order valence-electron chi connectivity index (χ1n) is 10.2. The number of imidazole rings is 1. The molecule has 6 nitrogen and oxygen atoms in total. The second-order valence-electron chi connectivity index (χ2n) is 8.43. The first-order chi connectivity index (χ1) is 14.2. The van der Waals surface area contributed by atoms with Crippen LogP contribution in [0.1, 0.15) is 47.0 Å². The molecule has 0 saturated heterocycles. The highest BCUT2D eigenvalue weighted by molar-refractivity contribution is 14.1. The van der Waals surface area contributed by atoms with E-state index in [1.54, 1.807) is 18.0 Å². The summed E-state index contributed by atoms with van der Waals surface area (Å²) in [4.78, 5) is 10.2. The van der Waals surface area contributed by atoms with Gasteiger partial charge in [-0.1, -0.05) is 38.5 Å². The van der Waals surface area contributed by atoms with Crippen molar-refractivity contribution in [3.8, 4) is 11.5 Å². The Morgan fingerprint density at radius 3 is 2.67 bits per heavy atom. The van der Waals surface area contributed by atoms with Crippen molar-refractivity contribution in [3.05, 3.63) is 28.0 Å². The molecule has 0 spiro atoms. The Morgan fingerprint density at radius 1 is 1.20 bits per heavy atom. The zero-order valence-corrected chi connectivity index (χ0v) is 20.7. The number of ether oxygens (including phenoxy) is 2. The summed E-state index contributed by atoms with van der Waals surface area (Å²) in [6, 6.07) is 6.07. The van der Waals surface area contributed by atoms with Crippen LogP contribution in [0.3, 0.4) is 0 Å². The Kier molecular flexibility index (Phi) is 6.07. The van der Waals surface area contributed by atoms with E-state index in [0.717, 1.165) is 55.0 Å². The topological polar surface area (TPSA) is 75.2 Å². The Morgan fingerprint density at radius 2 is 1.93 bits per heavy atom. The molecule has 0 atom stereocenters. The number of nitrogens with zero attached hydrogens (tertiary/aromatic N) is 3. The first-order valence-corrected chi connectivity index (χ1v) is 12.1. The van der Waals surface area contributed by atoms with Gasteiger partial charge < -0.3 is 19.8 Å². The molecule has 3 heterocycles. The van der Waals surface area contributed by atoms with Crippen LogP contribution >= 0.6 is 34.4 Å². The summed E-state index contributed by atoms with van der Waals surface area (Å²) in [5, 5.41) is 0.922. The number of halogens is 1. The minimum absolute atomic E-state index is 0.470. The summed E-state index contributed by atoms with van der Waals surface area (Å²) < 4.78 is 15.2. The monoisotopic (exact) mass is 538 g/mol. The largest absolute Gasteiger partial charge is 0.449 e. The van der Waals surface area contributed by atoms with Crippen LogP contribution in [0.4, 0.5) is 5.82 Å². The van der Waals surface area contributed by atoms with Gasteiger partial charge in [-0.05, 0) is 53.1 Å². The molecule has 0 fully saturated rings. The summed E-state index contributed by atoms with van der Waals surface area (Å²) in [5.41, 5.74) is 7.92. The molecular weight excluding hydrogens is 511 g/mol. The summed E-state index contributed by atoms with van der Waals surface area (Å²) in [6.45, 7) is 9.27. The van der Waals surface area contributed by atoms with Crippen LogP contribution in [0.2, 0.25) is 0 Å². The number of aryl methyl sites for hydroxylation is 1. The van der Waals surface area contributed by atoms with Crippen LogP contribution in [0, 0.1) is 9.49 Å². The second-order valence-corrected chi connectivity index (χ2v) is 10.6. The van der Waals surface area contributed by atoms with E-state index in [4.69, 9.17) is 20.2 Å². The molecule has 1 aliphatic rings. The summed E-state index contributed by atoms with van der Waals surface area (Å²) in [7, 11) is 0. The van der Waals surface area contributed by atoms with Crippen LogP contribution in [-0.2, 0) is 6.54 Å². The van der Waals surface area contributed by atoms with E-state index in [1.807, 2.05) is 32.0 Å². The lowest BCUT2D eigenvalue weighted by molar-refractivity contribution is -0.0432. The van der Waals surface area contributed by atoms with Gasteiger partial charge in [-0.25, -0.2) is 9.97 Å². The number of aromatic nitrogens is 3. The van der Waals surface area contributed by atoms with Crippen molar-refractivity contribution < 1.29 is 9.47 Å². The van der Waals surface area contributed by atoms with E-state index in [1.165, 1.54) is 12.8 Å². The van der Waals surface area contributed by atoms with Gasteiger partial charge in [0.2, 0.25) is 5.79 Å². The quantitative estimate of drug-likeness (QED) is 0.289. The van der Waals surface area contributed by atoms with Crippen LogP contribution < -0.4 is 15.2 Å². The fourth-order valence-electron chi connectivity index (χ4n) is 3.57. The number of anilines is 1. The number of benzene rings is 1. The van der Waals surface area contributed by atoms with Crippen molar-refractivity contribution in [1.29, 1.82) is 0 Å². The molecule has 0 amide bonds. The molecule has 160 valence electrons. The highest BCUT2D eigenvalue weighted by Gasteiger charge is 2.32. The maximum absolute atomic E-state index is 6.13. The predicted molar refractivity (Wildman–Crippen MR) is 129 cm³/mol.